The zero-order valence-corrected chi connectivity index (χ0v) is 15.1. The van der Waals surface area contributed by atoms with Gasteiger partial charge < -0.3 is 0 Å². The molecule has 0 aliphatic carbocycles. The summed E-state index contributed by atoms with van der Waals surface area (Å²) in [5.41, 5.74) is 5.73. The van der Waals surface area contributed by atoms with Gasteiger partial charge in [-0.1, -0.05) is 30.3 Å². The van der Waals surface area contributed by atoms with Gasteiger partial charge in [0.1, 0.15) is 6.33 Å². The van der Waals surface area contributed by atoms with E-state index in [0.717, 1.165) is 16.6 Å². The Morgan fingerprint density at radius 3 is 2.35 bits per heavy atom. The number of hydrogen-bond donors (Lipinski definition) is 0. The van der Waals surface area contributed by atoms with Crippen molar-refractivity contribution in [2.24, 2.45) is 0 Å². The molecule has 4 rings (SSSR count). The Bertz CT molecular complexity index is 1050. The van der Waals surface area contributed by atoms with E-state index in [-0.39, 0.29) is 0 Å². The quantitative estimate of drug-likeness (QED) is 0.299. The van der Waals surface area contributed by atoms with E-state index in [2.05, 4.69) is 94.9 Å². The molecule has 0 fully saturated rings. The number of hydrogen-bond acceptors (Lipinski definition) is 2. The van der Waals surface area contributed by atoms with E-state index in [1.165, 1.54) is 31.0 Å². The normalized spacial score (nSPS) is 11.3. The van der Waals surface area contributed by atoms with E-state index in [1.54, 1.807) is 6.33 Å². The first kappa shape index (κ1) is 14.6. The predicted molar refractivity (Wildman–Crippen MR) is 105 cm³/mol. The van der Waals surface area contributed by atoms with E-state index in [4.69, 9.17) is 0 Å². The van der Waals surface area contributed by atoms with Crippen LogP contribution in [0, 0.1) is 17.4 Å². The Morgan fingerprint density at radius 1 is 0.826 bits per heavy atom. The summed E-state index contributed by atoms with van der Waals surface area (Å²) in [7, 11) is 0. The lowest BCUT2D eigenvalue weighted by atomic mass is 9.98. The molecule has 0 radical (unpaired) electrons. The SMILES string of the molecule is Cc1cc(C)c(-c2ncnc3cc4ccccc4cc23)cc1I. The van der Waals surface area contributed by atoms with Crippen LogP contribution in [0.2, 0.25) is 0 Å². The fraction of sp³-hybridized carbons (Fsp3) is 0.100. The van der Waals surface area contributed by atoms with E-state index in [1.807, 2.05) is 0 Å². The van der Waals surface area contributed by atoms with Gasteiger partial charge in [-0.2, -0.15) is 0 Å². The lowest BCUT2D eigenvalue weighted by Crippen LogP contribution is -1.94. The second kappa shape index (κ2) is 5.57. The monoisotopic (exact) mass is 410 g/mol. The molecule has 0 N–H and O–H groups in total. The van der Waals surface area contributed by atoms with Crippen LogP contribution in [0.3, 0.4) is 0 Å². The Kier molecular flexibility index (Phi) is 3.53. The zero-order chi connectivity index (χ0) is 16.0. The van der Waals surface area contributed by atoms with Crippen LogP contribution in [0.25, 0.3) is 32.9 Å². The van der Waals surface area contributed by atoms with E-state index < -0.39 is 0 Å². The van der Waals surface area contributed by atoms with Gasteiger partial charge in [0.25, 0.3) is 0 Å². The third-order valence-electron chi connectivity index (χ3n) is 4.26. The molecule has 3 heteroatoms. The van der Waals surface area contributed by atoms with Crippen molar-refractivity contribution in [2.75, 3.05) is 0 Å². The van der Waals surface area contributed by atoms with Crippen molar-refractivity contribution in [3.63, 3.8) is 0 Å². The minimum absolute atomic E-state index is 0.990. The van der Waals surface area contributed by atoms with Crippen molar-refractivity contribution >= 4 is 44.3 Å². The lowest BCUT2D eigenvalue weighted by molar-refractivity contribution is 1.22. The molecule has 1 aromatic heterocycles. The van der Waals surface area contributed by atoms with Crippen molar-refractivity contribution in [3.8, 4) is 11.3 Å². The topological polar surface area (TPSA) is 25.8 Å². The number of fused-ring (bicyclic) bond motifs is 2. The lowest BCUT2D eigenvalue weighted by Gasteiger charge is -2.11. The molecule has 4 aromatic rings. The summed E-state index contributed by atoms with van der Waals surface area (Å²) in [5, 5.41) is 3.53. The molecular formula is C20H15IN2. The summed E-state index contributed by atoms with van der Waals surface area (Å²) in [6.45, 7) is 4.29. The summed E-state index contributed by atoms with van der Waals surface area (Å²) in [6.07, 6.45) is 1.67. The highest BCUT2D eigenvalue weighted by molar-refractivity contribution is 14.1. The average Bonchev–Trinajstić information content (AvgIpc) is 2.56. The fourth-order valence-corrected chi connectivity index (χ4v) is 3.51. The van der Waals surface area contributed by atoms with E-state index in [9.17, 15) is 0 Å². The van der Waals surface area contributed by atoms with Crippen molar-refractivity contribution in [1.29, 1.82) is 0 Å². The first-order valence-electron chi connectivity index (χ1n) is 7.54. The number of nitrogens with zero attached hydrogens (tertiary/aromatic N) is 2. The molecule has 0 amide bonds. The van der Waals surface area contributed by atoms with Crippen LogP contribution in [0.1, 0.15) is 11.1 Å². The zero-order valence-electron chi connectivity index (χ0n) is 13.0. The highest BCUT2D eigenvalue weighted by atomic mass is 127. The second-order valence-corrected chi connectivity index (χ2v) is 7.02. The summed E-state index contributed by atoms with van der Waals surface area (Å²) in [6, 6.07) is 17.2. The molecule has 3 aromatic carbocycles. The molecule has 1 heterocycles. The van der Waals surface area contributed by atoms with Gasteiger partial charge in [0.15, 0.2) is 0 Å². The van der Waals surface area contributed by atoms with Crippen molar-refractivity contribution in [2.45, 2.75) is 13.8 Å². The minimum Gasteiger partial charge on any atom is -0.236 e. The summed E-state index contributed by atoms with van der Waals surface area (Å²) in [4.78, 5) is 9.08. The number of benzene rings is 3. The Labute approximate surface area is 148 Å². The van der Waals surface area contributed by atoms with Crippen LogP contribution in [-0.4, -0.2) is 9.97 Å². The average molecular weight is 410 g/mol. The van der Waals surface area contributed by atoms with E-state index >= 15 is 0 Å². The summed E-state index contributed by atoms with van der Waals surface area (Å²) < 4.78 is 1.26. The number of halogens is 1. The predicted octanol–water partition coefficient (Wildman–Crippen LogP) is 5.67. The van der Waals surface area contributed by atoms with Crippen LogP contribution >= 0.6 is 22.6 Å². The Hall–Kier alpha value is -2.01. The molecule has 2 nitrogen and oxygen atoms in total. The first-order chi connectivity index (χ1) is 11.1. The van der Waals surface area contributed by atoms with Gasteiger partial charge in [0, 0.05) is 14.5 Å². The minimum atomic E-state index is 0.990. The second-order valence-electron chi connectivity index (χ2n) is 5.86. The highest BCUT2D eigenvalue weighted by Crippen LogP contribution is 2.32. The molecule has 112 valence electrons. The van der Waals surface area contributed by atoms with Crippen LogP contribution in [0.5, 0.6) is 0 Å². The Morgan fingerprint density at radius 2 is 1.57 bits per heavy atom. The largest absolute Gasteiger partial charge is 0.236 e. The smallest absolute Gasteiger partial charge is 0.116 e. The molecule has 0 aliphatic rings. The van der Waals surface area contributed by atoms with Crippen molar-refractivity contribution < 1.29 is 0 Å². The van der Waals surface area contributed by atoms with Gasteiger partial charge in [-0.25, -0.2) is 9.97 Å². The van der Waals surface area contributed by atoms with Crippen LogP contribution in [-0.2, 0) is 0 Å². The highest BCUT2D eigenvalue weighted by Gasteiger charge is 2.11. The fourth-order valence-electron chi connectivity index (χ4n) is 3.04. The van der Waals surface area contributed by atoms with Gasteiger partial charge >= 0.3 is 0 Å². The number of aromatic nitrogens is 2. The summed E-state index contributed by atoms with van der Waals surface area (Å²) >= 11 is 2.39. The molecule has 0 unspecified atom stereocenters. The third kappa shape index (κ3) is 2.49. The maximum absolute atomic E-state index is 4.60. The van der Waals surface area contributed by atoms with Gasteiger partial charge in [-0.05, 0) is 76.5 Å². The maximum atomic E-state index is 4.60. The maximum Gasteiger partial charge on any atom is 0.116 e. The molecule has 0 saturated heterocycles. The number of aryl methyl sites for hydroxylation is 2. The number of rotatable bonds is 1. The summed E-state index contributed by atoms with van der Waals surface area (Å²) in [5.74, 6) is 0. The van der Waals surface area contributed by atoms with Crippen LogP contribution in [0.4, 0.5) is 0 Å². The Balaban J connectivity index is 2.07. The van der Waals surface area contributed by atoms with Gasteiger partial charge in [0.2, 0.25) is 0 Å². The van der Waals surface area contributed by atoms with Crippen molar-refractivity contribution in [3.05, 3.63) is 69.6 Å². The van der Waals surface area contributed by atoms with Crippen LogP contribution in [0.15, 0.2) is 54.9 Å². The van der Waals surface area contributed by atoms with Crippen LogP contribution < -0.4 is 0 Å². The molecule has 23 heavy (non-hydrogen) atoms. The first-order valence-corrected chi connectivity index (χ1v) is 8.62. The molecule has 0 atom stereocenters. The molecule has 0 spiro atoms. The van der Waals surface area contributed by atoms with E-state index in [0.29, 0.717) is 0 Å². The molecule has 0 saturated carbocycles. The van der Waals surface area contributed by atoms with Gasteiger partial charge in [0.05, 0.1) is 11.2 Å². The van der Waals surface area contributed by atoms with Gasteiger partial charge in [-0.3, -0.25) is 0 Å². The van der Waals surface area contributed by atoms with Crippen molar-refractivity contribution in [1.82, 2.24) is 9.97 Å². The standard InChI is InChI=1S/C20H15IN2/c1-12-7-13(2)18(21)10-16(12)20-17-8-14-5-3-4-6-15(14)9-19(17)22-11-23-20/h3-11H,1-2H3. The third-order valence-corrected chi connectivity index (χ3v) is 5.43. The molecule has 0 bridgehead atoms. The molecular weight excluding hydrogens is 395 g/mol. The molecule has 0 aliphatic heterocycles. The van der Waals surface area contributed by atoms with Gasteiger partial charge in [-0.15, -0.1) is 0 Å².